The number of ether oxygens (including phenoxy) is 1. The van der Waals surface area contributed by atoms with Gasteiger partial charge in [-0.25, -0.2) is 4.79 Å². The molecule has 0 aliphatic heterocycles. The lowest BCUT2D eigenvalue weighted by molar-refractivity contribution is -0.137. The first-order valence-corrected chi connectivity index (χ1v) is 9.22. The zero-order valence-electron chi connectivity index (χ0n) is 16.8. The topological polar surface area (TPSA) is 49.9 Å². The van der Waals surface area contributed by atoms with Crippen LogP contribution in [0.15, 0.2) is 24.3 Å². The van der Waals surface area contributed by atoms with Crippen molar-refractivity contribution in [1.82, 2.24) is 9.80 Å². The van der Waals surface area contributed by atoms with E-state index < -0.39 is 29.5 Å². The summed E-state index contributed by atoms with van der Waals surface area (Å²) in [5.74, 6) is -0.319. The SMILES string of the molecule is CC(c1cccc(C(F)(F)F)c1)N(C(=O)CN(C)C(=O)OC(C)(C)C)C1CC1. The summed E-state index contributed by atoms with van der Waals surface area (Å²) in [6.07, 6.45) is -3.47. The van der Waals surface area contributed by atoms with E-state index in [0.717, 1.165) is 25.0 Å². The summed E-state index contributed by atoms with van der Waals surface area (Å²) < 4.78 is 44.3. The molecule has 1 aliphatic rings. The second-order valence-corrected chi connectivity index (χ2v) is 8.17. The van der Waals surface area contributed by atoms with Gasteiger partial charge in [0, 0.05) is 13.1 Å². The van der Waals surface area contributed by atoms with Crippen LogP contribution < -0.4 is 0 Å². The molecular formula is C20H27F3N2O3. The molecule has 1 atom stereocenters. The number of amides is 2. The first-order valence-electron chi connectivity index (χ1n) is 9.22. The Kier molecular flexibility index (Phi) is 6.31. The highest BCUT2D eigenvalue weighted by atomic mass is 19.4. The van der Waals surface area contributed by atoms with Crippen molar-refractivity contribution in [2.45, 2.75) is 64.4 Å². The maximum Gasteiger partial charge on any atom is 0.416 e. The van der Waals surface area contributed by atoms with Gasteiger partial charge in [0.2, 0.25) is 5.91 Å². The van der Waals surface area contributed by atoms with Gasteiger partial charge in [0.15, 0.2) is 0 Å². The number of benzene rings is 1. The quantitative estimate of drug-likeness (QED) is 0.724. The Labute approximate surface area is 163 Å². The van der Waals surface area contributed by atoms with Crippen molar-refractivity contribution < 1.29 is 27.5 Å². The molecule has 5 nitrogen and oxygen atoms in total. The van der Waals surface area contributed by atoms with Gasteiger partial charge in [0.1, 0.15) is 12.1 Å². The van der Waals surface area contributed by atoms with Crippen LogP contribution in [0.3, 0.4) is 0 Å². The second-order valence-electron chi connectivity index (χ2n) is 8.17. The van der Waals surface area contributed by atoms with E-state index >= 15 is 0 Å². The molecule has 2 rings (SSSR count). The van der Waals surface area contributed by atoms with E-state index in [1.165, 1.54) is 18.0 Å². The number of carbonyl (C=O) groups excluding carboxylic acids is 2. The number of nitrogens with zero attached hydrogens (tertiary/aromatic N) is 2. The van der Waals surface area contributed by atoms with Crippen LogP contribution in [0.2, 0.25) is 0 Å². The summed E-state index contributed by atoms with van der Waals surface area (Å²) in [6.45, 7) is 6.69. The third-order valence-electron chi connectivity index (χ3n) is 4.42. The molecular weight excluding hydrogens is 373 g/mol. The molecule has 1 aromatic rings. The Morgan fingerprint density at radius 1 is 1.21 bits per heavy atom. The van der Waals surface area contributed by atoms with Crippen LogP contribution in [0, 0.1) is 0 Å². The number of hydrogen-bond donors (Lipinski definition) is 0. The Hall–Kier alpha value is -2.25. The maximum atomic E-state index is 13.0. The molecule has 1 aromatic carbocycles. The highest BCUT2D eigenvalue weighted by Gasteiger charge is 2.38. The summed E-state index contributed by atoms with van der Waals surface area (Å²) in [6, 6.07) is 4.45. The van der Waals surface area contributed by atoms with Gasteiger partial charge in [-0.05, 0) is 58.2 Å². The molecule has 1 unspecified atom stereocenters. The minimum Gasteiger partial charge on any atom is -0.444 e. The summed E-state index contributed by atoms with van der Waals surface area (Å²) in [4.78, 5) is 27.7. The van der Waals surface area contributed by atoms with Gasteiger partial charge in [0.05, 0.1) is 11.6 Å². The van der Waals surface area contributed by atoms with Gasteiger partial charge in [0.25, 0.3) is 0 Å². The number of alkyl halides is 3. The van der Waals surface area contributed by atoms with Crippen molar-refractivity contribution in [3.63, 3.8) is 0 Å². The van der Waals surface area contributed by atoms with Crippen LogP contribution in [-0.2, 0) is 15.7 Å². The third-order valence-corrected chi connectivity index (χ3v) is 4.42. The molecule has 0 radical (unpaired) electrons. The zero-order chi connectivity index (χ0) is 21.3. The van der Waals surface area contributed by atoms with Crippen LogP contribution in [0.1, 0.15) is 57.7 Å². The first-order chi connectivity index (χ1) is 12.8. The van der Waals surface area contributed by atoms with Gasteiger partial charge in [-0.2, -0.15) is 13.2 Å². The second kappa shape index (κ2) is 8.01. The molecule has 1 saturated carbocycles. The normalized spacial score (nSPS) is 15.7. The largest absolute Gasteiger partial charge is 0.444 e. The molecule has 1 fully saturated rings. The molecule has 0 spiro atoms. The molecule has 0 heterocycles. The molecule has 1 aliphatic carbocycles. The first kappa shape index (κ1) is 22.0. The van der Waals surface area contributed by atoms with Gasteiger partial charge >= 0.3 is 12.3 Å². The number of likely N-dealkylation sites (N-methyl/N-ethyl adjacent to an activating group) is 1. The fourth-order valence-corrected chi connectivity index (χ4v) is 2.91. The summed E-state index contributed by atoms with van der Waals surface area (Å²) in [5.41, 5.74) is -1.02. The molecule has 0 saturated heterocycles. The van der Waals surface area contributed by atoms with Crippen LogP contribution >= 0.6 is 0 Å². The molecule has 2 amide bonds. The molecule has 0 aromatic heterocycles. The number of halogens is 3. The standard InChI is InChI=1S/C20H27F3N2O3/c1-13(14-7-6-8-15(11-14)20(21,22)23)25(16-9-10-16)17(26)12-24(5)18(27)28-19(2,3)4/h6-8,11,13,16H,9-10,12H2,1-5H3. The zero-order valence-corrected chi connectivity index (χ0v) is 16.8. The Bertz CT molecular complexity index is 724. The van der Waals surface area contributed by atoms with Crippen LogP contribution in [-0.4, -0.2) is 47.0 Å². The lowest BCUT2D eigenvalue weighted by Gasteiger charge is -2.32. The van der Waals surface area contributed by atoms with Crippen molar-refractivity contribution in [3.8, 4) is 0 Å². The van der Waals surface area contributed by atoms with Gasteiger partial charge in [-0.3, -0.25) is 4.79 Å². The molecule has 156 valence electrons. The van der Waals surface area contributed by atoms with E-state index in [-0.39, 0.29) is 18.5 Å². The minimum absolute atomic E-state index is 0.0240. The van der Waals surface area contributed by atoms with Crippen molar-refractivity contribution in [3.05, 3.63) is 35.4 Å². The maximum absolute atomic E-state index is 13.0. The summed E-state index contributed by atoms with van der Waals surface area (Å²) in [7, 11) is 1.46. The van der Waals surface area contributed by atoms with E-state index in [0.29, 0.717) is 5.56 Å². The van der Waals surface area contributed by atoms with Crippen molar-refractivity contribution in [1.29, 1.82) is 0 Å². The van der Waals surface area contributed by atoms with Gasteiger partial charge in [-0.1, -0.05) is 12.1 Å². The van der Waals surface area contributed by atoms with E-state index in [1.54, 1.807) is 38.7 Å². The van der Waals surface area contributed by atoms with E-state index in [4.69, 9.17) is 4.74 Å². The number of carbonyl (C=O) groups is 2. The van der Waals surface area contributed by atoms with Crippen LogP contribution in [0.4, 0.5) is 18.0 Å². The highest BCUT2D eigenvalue weighted by molar-refractivity contribution is 5.83. The van der Waals surface area contributed by atoms with Crippen LogP contribution in [0.25, 0.3) is 0 Å². The third kappa shape index (κ3) is 5.87. The monoisotopic (exact) mass is 400 g/mol. The van der Waals surface area contributed by atoms with E-state index in [1.807, 2.05) is 0 Å². The molecule has 0 N–H and O–H groups in total. The average Bonchev–Trinajstić information content (AvgIpc) is 3.37. The lowest BCUT2D eigenvalue weighted by atomic mass is 10.0. The average molecular weight is 400 g/mol. The minimum atomic E-state index is -4.44. The smallest absolute Gasteiger partial charge is 0.416 e. The highest BCUT2D eigenvalue weighted by Crippen LogP contribution is 2.36. The van der Waals surface area contributed by atoms with Crippen molar-refractivity contribution >= 4 is 12.0 Å². The predicted octanol–water partition coefficient (Wildman–Crippen LogP) is 4.62. The molecule has 0 bridgehead atoms. The lowest BCUT2D eigenvalue weighted by Crippen LogP contribution is -2.44. The Balaban J connectivity index is 2.14. The fourth-order valence-electron chi connectivity index (χ4n) is 2.91. The van der Waals surface area contributed by atoms with Crippen LogP contribution in [0.5, 0.6) is 0 Å². The molecule has 8 heteroatoms. The van der Waals surface area contributed by atoms with E-state index in [9.17, 15) is 22.8 Å². The summed E-state index contributed by atoms with van der Waals surface area (Å²) >= 11 is 0. The predicted molar refractivity (Wildman–Crippen MR) is 98.6 cm³/mol. The Morgan fingerprint density at radius 2 is 1.82 bits per heavy atom. The number of rotatable bonds is 5. The van der Waals surface area contributed by atoms with Gasteiger partial charge < -0.3 is 14.5 Å². The fraction of sp³-hybridized carbons (Fsp3) is 0.600. The van der Waals surface area contributed by atoms with Gasteiger partial charge in [-0.15, -0.1) is 0 Å². The van der Waals surface area contributed by atoms with Crippen molar-refractivity contribution in [2.75, 3.05) is 13.6 Å². The molecule has 28 heavy (non-hydrogen) atoms. The van der Waals surface area contributed by atoms with E-state index in [2.05, 4.69) is 0 Å². The Morgan fingerprint density at radius 3 is 2.32 bits per heavy atom. The number of hydrogen-bond acceptors (Lipinski definition) is 3. The summed E-state index contributed by atoms with van der Waals surface area (Å²) in [5, 5.41) is 0. The van der Waals surface area contributed by atoms with Crippen molar-refractivity contribution in [2.24, 2.45) is 0 Å².